The second-order valence-electron chi connectivity index (χ2n) is 4.40. The summed E-state index contributed by atoms with van der Waals surface area (Å²) < 4.78 is 0. The molecule has 0 saturated carbocycles. The summed E-state index contributed by atoms with van der Waals surface area (Å²) in [4.78, 5) is 12.5. The Balaban J connectivity index is 2.04. The molecule has 106 valence electrons. The highest BCUT2D eigenvalue weighted by Crippen LogP contribution is 2.27. The van der Waals surface area contributed by atoms with Gasteiger partial charge in [0.25, 0.3) is 5.91 Å². The number of hydrogen-bond acceptors (Lipinski definition) is 5. The lowest BCUT2D eigenvalue weighted by molar-refractivity contribution is 0.102. The average Bonchev–Trinajstić information content (AvgIpc) is 3.07. The van der Waals surface area contributed by atoms with Gasteiger partial charge >= 0.3 is 0 Å². The quantitative estimate of drug-likeness (QED) is 0.805. The van der Waals surface area contributed by atoms with Gasteiger partial charge in [0.2, 0.25) is 5.13 Å². The Kier molecular flexibility index (Phi) is 3.90. The van der Waals surface area contributed by atoms with E-state index in [0.29, 0.717) is 21.8 Å². The van der Waals surface area contributed by atoms with E-state index in [4.69, 9.17) is 0 Å². The van der Waals surface area contributed by atoms with Gasteiger partial charge in [-0.2, -0.15) is 5.26 Å². The van der Waals surface area contributed by atoms with Crippen molar-refractivity contribution >= 4 is 22.4 Å². The van der Waals surface area contributed by atoms with E-state index in [-0.39, 0.29) is 5.91 Å². The van der Waals surface area contributed by atoms with Crippen molar-refractivity contribution in [2.24, 2.45) is 0 Å². The Bertz CT molecular complexity index is 853. The first-order valence-electron chi connectivity index (χ1n) is 6.45. The standard InChI is InChI=1S/C16H10N4OS/c17-9-11-5-1-2-6-12(11)13-7-3-4-8-14(13)15(21)19-16-20-18-10-22-16/h1-8,10H,(H,19,20,21). The van der Waals surface area contributed by atoms with Gasteiger partial charge in [0, 0.05) is 11.1 Å². The predicted octanol–water partition coefficient (Wildman–Crippen LogP) is 3.33. The van der Waals surface area contributed by atoms with Gasteiger partial charge in [-0.25, -0.2) is 0 Å². The third kappa shape index (κ3) is 2.71. The highest BCUT2D eigenvalue weighted by molar-refractivity contribution is 7.13. The lowest BCUT2D eigenvalue weighted by Crippen LogP contribution is -2.13. The minimum atomic E-state index is -0.278. The summed E-state index contributed by atoms with van der Waals surface area (Å²) in [5.74, 6) is -0.278. The van der Waals surface area contributed by atoms with Gasteiger partial charge in [-0.1, -0.05) is 47.7 Å². The second kappa shape index (κ2) is 6.16. The lowest BCUT2D eigenvalue weighted by atomic mass is 9.95. The fourth-order valence-electron chi connectivity index (χ4n) is 2.12. The minimum Gasteiger partial charge on any atom is -0.296 e. The number of aromatic nitrogens is 2. The van der Waals surface area contributed by atoms with Gasteiger partial charge in [0.1, 0.15) is 5.51 Å². The van der Waals surface area contributed by atoms with Crippen molar-refractivity contribution in [1.82, 2.24) is 10.2 Å². The number of rotatable bonds is 3. The highest BCUT2D eigenvalue weighted by atomic mass is 32.1. The van der Waals surface area contributed by atoms with Gasteiger partial charge in [-0.3, -0.25) is 10.1 Å². The summed E-state index contributed by atoms with van der Waals surface area (Å²) >= 11 is 1.25. The molecule has 1 N–H and O–H groups in total. The van der Waals surface area contributed by atoms with Crippen LogP contribution in [-0.4, -0.2) is 16.1 Å². The SMILES string of the molecule is N#Cc1ccccc1-c1ccccc1C(=O)Nc1nncs1. The summed E-state index contributed by atoms with van der Waals surface area (Å²) in [5, 5.41) is 19.9. The summed E-state index contributed by atoms with van der Waals surface area (Å²) in [6.45, 7) is 0. The minimum absolute atomic E-state index is 0.278. The number of benzene rings is 2. The number of nitriles is 1. The molecule has 0 unspecified atom stereocenters. The molecule has 3 rings (SSSR count). The second-order valence-corrected chi connectivity index (χ2v) is 5.23. The van der Waals surface area contributed by atoms with Gasteiger partial charge in [-0.15, -0.1) is 10.2 Å². The maximum atomic E-state index is 12.5. The van der Waals surface area contributed by atoms with Crippen LogP contribution in [0.4, 0.5) is 5.13 Å². The van der Waals surface area contributed by atoms with E-state index in [0.717, 1.165) is 5.56 Å². The van der Waals surface area contributed by atoms with Crippen LogP contribution < -0.4 is 5.32 Å². The van der Waals surface area contributed by atoms with Crippen LogP contribution in [0.25, 0.3) is 11.1 Å². The number of nitrogens with one attached hydrogen (secondary N) is 1. The van der Waals surface area contributed by atoms with Gasteiger partial charge in [-0.05, 0) is 17.7 Å². The summed E-state index contributed by atoms with van der Waals surface area (Å²) in [5.41, 5.74) is 4.00. The zero-order chi connectivity index (χ0) is 15.4. The van der Waals surface area contributed by atoms with E-state index in [2.05, 4.69) is 21.6 Å². The van der Waals surface area contributed by atoms with Crippen LogP contribution in [-0.2, 0) is 0 Å². The Morgan fingerprint density at radius 2 is 1.82 bits per heavy atom. The molecule has 0 aliphatic rings. The van der Waals surface area contributed by atoms with Gasteiger partial charge in [0.05, 0.1) is 11.6 Å². The number of nitrogens with zero attached hydrogens (tertiary/aromatic N) is 3. The van der Waals surface area contributed by atoms with Crippen LogP contribution in [0.15, 0.2) is 54.0 Å². The molecule has 0 atom stereocenters. The molecule has 5 nitrogen and oxygen atoms in total. The fourth-order valence-corrected chi connectivity index (χ4v) is 2.56. The maximum Gasteiger partial charge on any atom is 0.258 e. The molecule has 1 amide bonds. The predicted molar refractivity (Wildman–Crippen MR) is 84.5 cm³/mol. The van der Waals surface area contributed by atoms with Crippen LogP contribution >= 0.6 is 11.3 Å². The van der Waals surface area contributed by atoms with Crippen molar-refractivity contribution in [3.05, 3.63) is 65.2 Å². The Hall–Kier alpha value is -3.04. The van der Waals surface area contributed by atoms with Crippen LogP contribution in [0.5, 0.6) is 0 Å². The van der Waals surface area contributed by atoms with E-state index < -0.39 is 0 Å². The number of amides is 1. The summed E-state index contributed by atoms with van der Waals surface area (Å²) in [6.07, 6.45) is 0. The van der Waals surface area contributed by atoms with Crippen molar-refractivity contribution < 1.29 is 4.79 Å². The normalized spacial score (nSPS) is 9.95. The first-order valence-corrected chi connectivity index (χ1v) is 7.33. The van der Waals surface area contributed by atoms with Crippen LogP contribution in [0.3, 0.4) is 0 Å². The third-order valence-electron chi connectivity index (χ3n) is 3.09. The van der Waals surface area contributed by atoms with Crippen LogP contribution in [0, 0.1) is 11.3 Å². The molecule has 0 fully saturated rings. The lowest BCUT2D eigenvalue weighted by Gasteiger charge is -2.10. The average molecular weight is 306 g/mol. The fraction of sp³-hybridized carbons (Fsp3) is 0. The van der Waals surface area contributed by atoms with E-state index in [1.54, 1.807) is 29.8 Å². The number of anilines is 1. The zero-order valence-electron chi connectivity index (χ0n) is 11.4. The molecule has 0 aliphatic heterocycles. The highest BCUT2D eigenvalue weighted by Gasteiger charge is 2.15. The van der Waals surface area contributed by atoms with Crippen molar-refractivity contribution in [2.75, 3.05) is 5.32 Å². The van der Waals surface area contributed by atoms with Gasteiger partial charge < -0.3 is 0 Å². The molecule has 0 bridgehead atoms. The molecule has 6 heteroatoms. The smallest absolute Gasteiger partial charge is 0.258 e. The Morgan fingerprint density at radius 1 is 1.09 bits per heavy atom. The molecule has 1 aromatic heterocycles. The number of carbonyl (C=O) groups is 1. The topological polar surface area (TPSA) is 78.7 Å². The molecule has 2 aromatic carbocycles. The first-order chi connectivity index (χ1) is 10.8. The zero-order valence-corrected chi connectivity index (χ0v) is 12.2. The summed E-state index contributed by atoms with van der Waals surface area (Å²) in [7, 11) is 0. The van der Waals surface area contributed by atoms with E-state index in [1.807, 2.05) is 24.3 Å². The van der Waals surface area contributed by atoms with Crippen molar-refractivity contribution in [2.45, 2.75) is 0 Å². The largest absolute Gasteiger partial charge is 0.296 e. The van der Waals surface area contributed by atoms with E-state index in [1.165, 1.54) is 11.3 Å². The van der Waals surface area contributed by atoms with Crippen LogP contribution in [0.1, 0.15) is 15.9 Å². The molecule has 22 heavy (non-hydrogen) atoms. The van der Waals surface area contributed by atoms with Gasteiger partial charge in [0.15, 0.2) is 0 Å². The molecular formula is C16H10N4OS. The van der Waals surface area contributed by atoms with E-state index >= 15 is 0 Å². The van der Waals surface area contributed by atoms with E-state index in [9.17, 15) is 10.1 Å². The van der Waals surface area contributed by atoms with Crippen molar-refractivity contribution in [3.8, 4) is 17.2 Å². The van der Waals surface area contributed by atoms with Crippen LogP contribution in [0.2, 0.25) is 0 Å². The molecule has 0 spiro atoms. The maximum absolute atomic E-state index is 12.5. The number of hydrogen-bond donors (Lipinski definition) is 1. The monoisotopic (exact) mass is 306 g/mol. The summed E-state index contributed by atoms with van der Waals surface area (Å²) in [6, 6.07) is 16.5. The van der Waals surface area contributed by atoms with Crippen molar-refractivity contribution in [1.29, 1.82) is 5.26 Å². The Labute approximate surface area is 130 Å². The number of carbonyl (C=O) groups excluding carboxylic acids is 1. The first kappa shape index (κ1) is 13.9. The molecular weight excluding hydrogens is 296 g/mol. The molecule has 0 aliphatic carbocycles. The Morgan fingerprint density at radius 3 is 2.55 bits per heavy atom. The molecule has 0 radical (unpaired) electrons. The molecule has 1 heterocycles. The molecule has 3 aromatic rings. The molecule has 0 saturated heterocycles. The van der Waals surface area contributed by atoms with Crippen molar-refractivity contribution in [3.63, 3.8) is 0 Å². The third-order valence-corrected chi connectivity index (χ3v) is 3.70.